The van der Waals surface area contributed by atoms with E-state index in [1.165, 1.54) is 0 Å². The molecule has 2 N–H and O–H groups in total. The summed E-state index contributed by atoms with van der Waals surface area (Å²) in [6.45, 7) is 0. The molecule has 0 radical (unpaired) electrons. The standard InChI is InChI=1S/Ba.H2O4S.H2O3Si/c;1-5(2,3)4;1-4(2)3/h;(H2,1,2,3,4);1-2H/q+2;;/p-2. The molecule has 0 aromatic carbocycles. The summed E-state index contributed by atoms with van der Waals surface area (Å²) in [7, 11) is -8.30. The van der Waals surface area contributed by atoms with E-state index in [2.05, 4.69) is 0 Å². The Bertz CT molecular complexity index is 156. The Balaban J connectivity index is -0.0000000910. The van der Waals surface area contributed by atoms with E-state index >= 15 is 0 Å². The van der Waals surface area contributed by atoms with Crippen molar-refractivity contribution < 1.29 is 31.6 Å². The van der Waals surface area contributed by atoms with Crippen molar-refractivity contribution in [1.82, 2.24) is 0 Å². The van der Waals surface area contributed by atoms with E-state index in [0.717, 1.165) is 0 Å². The van der Waals surface area contributed by atoms with E-state index < -0.39 is 19.6 Å². The van der Waals surface area contributed by atoms with Crippen molar-refractivity contribution in [3.05, 3.63) is 0 Å². The molecule has 0 aromatic rings. The average Bonchev–Trinajstić information content (AvgIpc) is 1.19. The summed E-state index contributed by atoms with van der Waals surface area (Å²) >= 11 is 0. The van der Waals surface area contributed by atoms with Crippen LogP contribution in [0, 0.1) is 0 Å². The minimum Gasteiger partial charge on any atom is -0.759 e. The summed E-state index contributed by atoms with van der Waals surface area (Å²) in [6.07, 6.45) is 0. The molecule has 0 heterocycles. The maximum atomic E-state index is 8.74. The van der Waals surface area contributed by atoms with Gasteiger partial charge in [0, 0.05) is 10.4 Å². The van der Waals surface area contributed by atoms with Crippen LogP contribution < -0.4 is 0 Å². The predicted molar refractivity (Wildman–Crippen MR) is 27.1 cm³/mol. The third-order valence-electron chi connectivity index (χ3n) is 0. The van der Waals surface area contributed by atoms with Crippen LogP contribution in [-0.2, 0) is 14.9 Å². The Morgan fingerprint density at radius 3 is 1.20 bits per heavy atom. The topological polar surface area (TPSA) is 138 Å². The summed E-state index contributed by atoms with van der Waals surface area (Å²) in [5, 5.41) is 0. The molecule has 10 heavy (non-hydrogen) atoms. The Morgan fingerprint density at radius 2 is 1.20 bits per heavy atom. The van der Waals surface area contributed by atoms with E-state index in [-0.39, 0.29) is 48.9 Å². The molecule has 0 rings (SSSR count). The Labute approximate surface area is 98.6 Å². The molecule has 0 aliphatic carbocycles. The van der Waals surface area contributed by atoms with Crippen LogP contribution in [0.25, 0.3) is 0 Å². The molecule has 10 heteroatoms. The van der Waals surface area contributed by atoms with Gasteiger partial charge in [0.05, 0.1) is 0 Å². The third kappa shape index (κ3) is 525. The molecule has 0 saturated carbocycles. The van der Waals surface area contributed by atoms with Crippen LogP contribution in [0.15, 0.2) is 0 Å². The molecule has 0 saturated heterocycles. The van der Waals surface area contributed by atoms with Gasteiger partial charge >= 0.3 is 58.1 Å². The van der Waals surface area contributed by atoms with Gasteiger partial charge < -0.3 is 18.7 Å². The van der Waals surface area contributed by atoms with Crippen LogP contribution in [0.5, 0.6) is 0 Å². The SMILES string of the molecule is O=S(=O)([O-])[O-].O=[Si](O)O.[Ba+2]. The smallest absolute Gasteiger partial charge is 0.759 e. The Hall–Kier alpha value is 1.06. The van der Waals surface area contributed by atoms with Gasteiger partial charge in [0.1, 0.15) is 0 Å². The molecular weight excluding hydrogens is 309 g/mol. The maximum Gasteiger partial charge on any atom is 2.00 e. The largest absolute Gasteiger partial charge is 2.00 e. The zero-order valence-electron chi connectivity index (χ0n) is 4.55. The van der Waals surface area contributed by atoms with Gasteiger partial charge in [0.15, 0.2) is 0 Å². The molecule has 0 aliphatic heterocycles. The van der Waals surface area contributed by atoms with Crippen molar-refractivity contribution in [3.63, 3.8) is 0 Å². The molecule has 0 amide bonds. The first-order chi connectivity index (χ1) is 3.73. The zero-order chi connectivity index (χ0) is 8.08. The Kier molecular flexibility index (Phi) is 14.1. The van der Waals surface area contributed by atoms with Crippen LogP contribution in [0.2, 0.25) is 0 Å². The van der Waals surface area contributed by atoms with Crippen LogP contribution in [0.1, 0.15) is 0 Å². The fourth-order valence-electron chi connectivity index (χ4n) is 0. The monoisotopic (exact) mass is 312 g/mol. The summed E-state index contributed by atoms with van der Waals surface area (Å²) in [6, 6.07) is 0. The third-order valence-corrected chi connectivity index (χ3v) is 0. The number of hydrogen-bond donors (Lipinski definition) is 2. The zero-order valence-corrected chi connectivity index (χ0v) is 10.8. The van der Waals surface area contributed by atoms with Crippen molar-refractivity contribution in [2.45, 2.75) is 0 Å². The molecule has 0 atom stereocenters. The second kappa shape index (κ2) is 8.16. The molecule has 0 unspecified atom stereocenters. The molecule has 7 nitrogen and oxygen atoms in total. The summed E-state index contributed by atoms with van der Waals surface area (Å²) in [4.78, 5) is 14.3. The normalized spacial score (nSPS) is 8.20. The van der Waals surface area contributed by atoms with Crippen LogP contribution >= 0.6 is 0 Å². The molecule has 0 aromatic heterocycles. The fourth-order valence-corrected chi connectivity index (χ4v) is 0. The van der Waals surface area contributed by atoms with E-state index in [4.69, 9.17) is 31.6 Å². The fraction of sp³-hybridized carbons (Fsp3) is 0. The van der Waals surface area contributed by atoms with Gasteiger partial charge in [-0.05, 0) is 0 Å². The van der Waals surface area contributed by atoms with Gasteiger partial charge in [0.2, 0.25) is 0 Å². The number of rotatable bonds is 0. The molecule has 56 valence electrons. The quantitative estimate of drug-likeness (QED) is 0.271. The van der Waals surface area contributed by atoms with Crippen molar-refractivity contribution in [1.29, 1.82) is 0 Å². The maximum absolute atomic E-state index is 8.74. The van der Waals surface area contributed by atoms with Crippen molar-refractivity contribution in [2.75, 3.05) is 0 Å². The summed E-state index contributed by atoms with van der Waals surface area (Å²) in [5.74, 6) is 0. The van der Waals surface area contributed by atoms with Gasteiger partial charge in [-0.2, -0.15) is 0 Å². The first-order valence-corrected chi connectivity index (χ1v) is 3.95. The first kappa shape index (κ1) is 17.2. The van der Waals surface area contributed by atoms with E-state index in [1.54, 1.807) is 0 Å². The van der Waals surface area contributed by atoms with Crippen molar-refractivity contribution in [3.8, 4) is 0 Å². The second-order valence-electron chi connectivity index (χ2n) is 0.691. The molecular formula is H2BaO7SSi. The predicted octanol–water partition coefficient (Wildman–Crippen LogP) is -3.33. The molecule has 0 bridgehead atoms. The minimum atomic E-state index is -5.17. The minimum absolute atomic E-state index is 0. The van der Waals surface area contributed by atoms with Gasteiger partial charge in [-0.1, -0.05) is 0 Å². The molecule has 0 spiro atoms. The van der Waals surface area contributed by atoms with Crippen molar-refractivity contribution >= 4 is 68.5 Å². The van der Waals surface area contributed by atoms with Gasteiger partial charge in [-0.15, -0.1) is 0 Å². The van der Waals surface area contributed by atoms with Crippen LogP contribution in [-0.4, -0.2) is 85.2 Å². The van der Waals surface area contributed by atoms with Gasteiger partial charge in [0.25, 0.3) is 0 Å². The van der Waals surface area contributed by atoms with Gasteiger partial charge in [-0.25, -0.2) is 0 Å². The average molecular weight is 311 g/mol. The van der Waals surface area contributed by atoms with E-state index in [0.29, 0.717) is 0 Å². The number of hydrogen-bond acceptors (Lipinski definition) is 5. The second-order valence-corrected chi connectivity index (χ2v) is 2.07. The van der Waals surface area contributed by atoms with Crippen molar-refractivity contribution in [2.24, 2.45) is 0 Å². The molecule has 0 fully saturated rings. The Morgan fingerprint density at radius 1 is 1.20 bits per heavy atom. The summed E-state index contributed by atoms with van der Waals surface area (Å²) < 4.78 is 42.8. The first-order valence-electron chi connectivity index (χ1n) is 1.32. The van der Waals surface area contributed by atoms with Gasteiger partial charge in [-0.3, -0.25) is 12.9 Å². The van der Waals surface area contributed by atoms with E-state index in [1.807, 2.05) is 0 Å². The van der Waals surface area contributed by atoms with Crippen LogP contribution in [0.4, 0.5) is 0 Å². The molecule has 0 aliphatic rings. The van der Waals surface area contributed by atoms with Crippen LogP contribution in [0.3, 0.4) is 0 Å². The summed E-state index contributed by atoms with van der Waals surface area (Å²) in [5.41, 5.74) is 0. The van der Waals surface area contributed by atoms with E-state index in [9.17, 15) is 0 Å².